The van der Waals surface area contributed by atoms with Gasteiger partial charge in [0.25, 0.3) is 0 Å². The Bertz CT molecular complexity index is 639. The van der Waals surface area contributed by atoms with E-state index < -0.39 is 0 Å². The Labute approximate surface area is 138 Å². The molecule has 1 aromatic heterocycles. The van der Waals surface area contributed by atoms with Gasteiger partial charge in [-0.3, -0.25) is 0 Å². The lowest BCUT2D eigenvalue weighted by Crippen LogP contribution is -2.19. The van der Waals surface area contributed by atoms with Gasteiger partial charge < -0.3 is 14.8 Å². The molecule has 114 valence electrons. The fraction of sp³-hybridized carbons (Fsp3) is 0.375. The number of ether oxygens (including phenoxy) is 2. The van der Waals surface area contributed by atoms with Crippen molar-refractivity contribution in [2.24, 2.45) is 0 Å². The molecule has 0 saturated carbocycles. The fourth-order valence-corrected chi connectivity index (χ4v) is 4.04. The zero-order chi connectivity index (χ0) is 15.6. The Morgan fingerprint density at radius 1 is 1.19 bits per heavy atom. The molecule has 0 aliphatic rings. The van der Waals surface area contributed by atoms with E-state index in [2.05, 4.69) is 47.2 Å². The van der Waals surface area contributed by atoms with Gasteiger partial charge in [-0.05, 0) is 44.2 Å². The number of nitrogens with one attached hydrogen (secondary N) is 1. The normalized spacial score (nSPS) is 12.3. The lowest BCUT2D eigenvalue weighted by Gasteiger charge is -2.23. The quantitative estimate of drug-likeness (QED) is 0.843. The lowest BCUT2D eigenvalue weighted by atomic mass is 9.96. The zero-order valence-corrected chi connectivity index (χ0v) is 15.3. The minimum atomic E-state index is 0.0741. The van der Waals surface area contributed by atoms with Crippen LogP contribution in [0.15, 0.2) is 22.0 Å². The van der Waals surface area contributed by atoms with Gasteiger partial charge in [-0.15, -0.1) is 11.3 Å². The second-order valence-corrected chi connectivity index (χ2v) is 6.65. The monoisotopic (exact) mass is 369 g/mol. The van der Waals surface area contributed by atoms with Gasteiger partial charge in [0.2, 0.25) is 0 Å². The van der Waals surface area contributed by atoms with Crippen LogP contribution in [0.1, 0.15) is 27.6 Å². The first-order valence-corrected chi connectivity index (χ1v) is 8.34. The van der Waals surface area contributed by atoms with E-state index in [1.807, 2.05) is 12.4 Å². The summed E-state index contributed by atoms with van der Waals surface area (Å²) in [4.78, 5) is 1.20. The Morgan fingerprint density at radius 2 is 1.90 bits per heavy atom. The fourth-order valence-electron chi connectivity index (χ4n) is 2.52. The highest BCUT2D eigenvalue weighted by Gasteiger charge is 2.23. The highest BCUT2D eigenvalue weighted by Crippen LogP contribution is 2.41. The Balaban J connectivity index is 2.61. The van der Waals surface area contributed by atoms with Crippen LogP contribution in [0.5, 0.6) is 11.5 Å². The summed E-state index contributed by atoms with van der Waals surface area (Å²) in [5, 5.41) is 5.42. The van der Waals surface area contributed by atoms with Crippen LogP contribution < -0.4 is 14.8 Å². The van der Waals surface area contributed by atoms with Crippen LogP contribution in [0.2, 0.25) is 0 Å². The molecule has 2 rings (SSSR count). The van der Waals surface area contributed by atoms with Gasteiger partial charge in [0.15, 0.2) is 0 Å². The minimum Gasteiger partial charge on any atom is -0.496 e. The maximum absolute atomic E-state index is 5.66. The van der Waals surface area contributed by atoms with E-state index in [0.717, 1.165) is 27.1 Å². The van der Waals surface area contributed by atoms with Crippen molar-refractivity contribution in [1.82, 2.24) is 5.32 Å². The molecule has 0 spiro atoms. The molecule has 1 heterocycles. The van der Waals surface area contributed by atoms with Crippen molar-refractivity contribution >= 4 is 27.3 Å². The lowest BCUT2D eigenvalue weighted by molar-refractivity contribution is 0.401. The summed E-state index contributed by atoms with van der Waals surface area (Å²) in [6, 6.07) is 4.24. The van der Waals surface area contributed by atoms with Gasteiger partial charge in [0, 0.05) is 20.3 Å². The first-order chi connectivity index (χ1) is 10.0. The maximum Gasteiger partial charge on any atom is 0.129 e. The first-order valence-electron chi connectivity index (χ1n) is 6.66. The van der Waals surface area contributed by atoms with Crippen LogP contribution in [0.3, 0.4) is 0 Å². The van der Waals surface area contributed by atoms with Gasteiger partial charge in [0.1, 0.15) is 11.5 Å². The summed E-state index contributed by atoms with van der Waals surface area (Å²) >= 11 is 5.33. The molecular weight excluding hydrogens is 350 g/mol. The Morgan fingerprint density at radius 3 is 2.43 bits per heavy atom. The SMILES string of the molecule is CNC(c1cc(OC)cs1)c1c(C)c(Br)cc(C)c1OC. The van der Waals surface area contributed by atoms with Crippen LogP contribution in [0.25, 0.3) is 0 Å². The van der Waals surface area contributed by atoms with E-state index in [4.69, 9.17) is 9.47 Å². The van der Waals surface area contributed by atoms with E-state index in [-0.39, 0.29) is 6.04 Å². The highest BCUT2D eigenvalue weighted by atomic mass is 79.9. The second kappa shape index (κ2) is 6.81. The molecule has 0 amide bonds. The van der Waals surface area contributed by atoms with E-state index in [1.54, 1.807) is 25.6 Å². The van der Waals surface area contributed by atoms with Crippen molar-refractivity contribution < 1.29 is 9.47 Å². The number of benzene rings is 1. The van der Waals surface area contributed by atoms with E-state index in [0.29, 0.717) is 0 Å². The van der Waals surface area contributed by atoms with Crippen molar-refractivity contribution in [3.8, 4) is 11.5 Å². The first kappa shape index (κ1) is 16.3. The predicted molar refractivity (Wildman–Crippen MR) is 91.9 cm³/mol. The number of rotatable bonds is 5. The molecule has 1 N–H and O–H groups in total. The largest absolute Gasteiger partial charge is 0.496 e. The molecule has 1 atom stereocenters. The molecule has 0 radical (unpaired) electrons. The molecule has 0 fully saturated rings. The summed E-state index contributed by atoms with van der Waals surface area (Å²) in [6.45, 7) is 4.17. The van der Waals surface area contributed by atoms with Crippen LogP contribution in [-0.4, -0.2) is 21.3 Å². The molecular formula is C16H20BrNO2S. The third-order valence-corrected chi connectivity index (χ3v) is 5.41. The third kappa shape index (κ3) is 3.10. The van der Waals surface area contributed by atoms with Gasteiger partial charge in [-0.2, -0.15) is 0 Å². The summed E-state index contributed by atoms with van der Waals surface area (Å²) in [5.74, 6) is 1.82. The molecule has 21 heavy (non-hydrogen) atoms. The van der Waals surface area contributed by atoms with Crippen LogP contribution in [-0.2, 0) is 0 Å². The smallest absolute Gasteiger partial charge is 0.129 e. The van der Waals surface area contributed by atoms with Crippen LogP contribution >= 0.6 is 27.3 Å². The van der Waals surface area contributed by atoms with E-state index >= 15 is 0 Å². The van der Waals surface area contributed by atoms with Crippen LogP contribution in [0, 0.1) is 13.8 Å². The molecule has 3 nitrogen and oxygen atoms in total. The maximum atomic E-state index is 5.66. The summed E-state index contributed by atoms with van der Waals surface area (Å²) in [6.07, 6.45) is 0. The van der Waals surface area contributed by atoms with Crippen molar-refractivity contribution in [1.29, 1.82) is 0 Å². The molecule has 0 saturated heterocycles. The average Bonchev–Trinajstić information content (AvgIpc) is 2.94. The number of thiophene rings is 1. The van der Waals surface area contributed by atoms with Crippen molar-refractivity contribution in [2.75, 3.05) is 21.3 Å². The molecule has 2 aromatic rings. The van der Waals surface area contributed by atoms with Crippen LogP contribution in [0.4, 0.5) is 0 Å². The van der Waals surface area contributed by atoms with Crippen molar-refractivity contribution in [3.63, 3.8) is 0 Å². The van der Waals surface area contributed by atoms with Gasteiger partial charge >= 0.3 is 0 Å². The minimum absolute atomic E-state index is 0.0741. The molecule has 1 aromatic carbocycles. The van der Waals surface area contributed by atoms with Gasteiger partial charge in [-0.25, -0.2) is 0 Å². The number of methoxy groups -OCH3 is 2. The molecule has 0 aliphatic carbocycles. The third-order valence-electron chi connectivity index (χ3n) is 3.61. The summed E-state index contributed by atoms with van der Waals surface area (Å²) in [5.41, 5.74) is 3.47. The number of hydrogen-bond acceptors (Lipinski definition) is 4. The van der Waals surface area contributed by atoms with E-state index in [1.165, 1.54) is 10.4 Å². The van der Waals surface area contributed by atoms with Gasteiger partial charge in [-0.1, -0.05) is 15.9 Å². The van der Waals surface area contributed by atoms with Crippen molar-refractivity contribution in [3.05, 3.63) is 43.6 Å². The molecule has 0 bridgehead atoms. The second-order valence-electron chi connectivity index (χ2n) is 4.86. The van der Waals surface area contributed by atoms with E-state index in [9.17, 15) is 0 Å². The topological polar surface area (TPSA) is 30.5 Å². The zero-order valence-electron chi connectivity index (χ0n) is 12.9. The molecule has 0 aliphatic heterocycles. The molecule has 1 unspecified atom stereocenters. The van der Waals surface area contributed by atoms with Gasteiger partial charge in [0.05, 0.1) is 20.3 Å². The number of hydrogen-bond donors (Lipinski definition) is 1. The Hall–Kier alpha value is -1.04. The number of aryl methyl sites for hydroxylation is 1. The molecule has 5 heteroatoms. The summed E-state index contributed by atoms with van der Waals surface area (Å²) in [7, 11) is 5.38. The Kier molecular flexibility index (Phi) is 5.30. The number of halogens is 1. The summed E-state index contributed by atoms with van der Waals surface area (Å²) < 4.78 is 12.1. The highest BCUT2D eigenvalue weighted by molar-refractivity contribution is 9.10. The van der Waals surface area contributed by atoms with Crippen molar-refractivity contribution in [2.45, 2.75) is 19.9 Å². The average molecular weight is 370 g/mol. The predicted octanol–water partition coefficient (Wildman–Crippen LogP) is 4.45. The standard InChI is InChI=1S/C16H20BrNO2S/c1-9-6-12(17)10(2)14(16(9)20-5)15(18-3)13-7-11(19-4)8-21-13/h6-8,15,18H,1-5H3.